The molecule has 0 spiro atoms. The van der Waals surface area contributed by atoms with E-state index in [1.54, 1.807) is 0 Å². The van der Waals surface area contributed by atoms with Gasteiger partial charge in [0.1, 0.15) is 15.5 Å². The number of aromatic nitrogens is 2. The molecule has 0 radical (unpaired) electrons. The standard InChI is InChI=1S/C18H16ClN3O2S/c1-9-8-11-6-4-5-7-12(11)22(9)15-13-10(2)14(17(23)24-3)25-16(13)21-18(19)20-15/h4-7,9H,8H2,1-3H3. The van der Waals surface area contributed by atoms with Gasteiger partial charge in [-0.15, -0.1) is 11.3 Å². The van der Waals surface area contributed by atoms with Crippen LogP contribution in [0.4, 0.5) is 11.5 Å². The summed E-state index contributed by atoms with van der Waals surface area (Å²) in [6, 6.07) is 8.52. The summed E-state index contributed by atoms with van der Waals surface area (Å²) in [5.41, 5.74) is 3.23. The second kappa shape index (κ2) is 5.97. The van der Waals surface area contributed by atoms with Gasteiger partial charge >= 0.3 is 5.97 Å². The van der Waals surface area contributed by atoms with Gasteiger partial charge in [-0.2, -0.15) is 4.98 Å². The fourth-order valence-electron chi connectivity index (χ4n) is 3.44. The topological polar surface area (TPSA) is 55.3 Å². The third-order valence-corrected chi connectivity index (χ3v) is 5.88. The van der Waals surface area contributed by atoms with Gasteiger partial charge in [-0.05, 0) is 49.1 Å². The minimum absolute atomic E-state index is 0.178. The molecule has 1 unspecified atom stereocenters. The monoisotopic (exact) mass is 373 g/mol. The van der Waals surface area contributed by atoms with Crippen molar-refractivity contribution < 1.29 is 9.53 Å². The lowest BCUT2D eigenvalue weighted by Crippen LogP contribution is -2.25. The molecule has 0 N–H and O–H groups in total. The summed E-state index contributed by atoms with van der Waals surface area (Å²) in [4.78, 5) is 24.4. The first kappa shape index (κ1) is 16.3. The Labute approximate surface area is 154 Å². The molecule has 3 heterocycles. The van der Waals surface area contributed by atoms with Gasteiger partial charge < -0.3 is 9.64 Å². The molecule has 2 aromatic heterocycles. The first-order valence-corrected chi connectivity index (χ1v) is 9.12. The lowest BCUT2D eigenvalue weighted by atomic mass is 10.1. The van der Waals surface area contributed by atoms with Gasteiger partial charge in [0.05, 0.1) is 12.5 Å². The molecule has 1 aromatic carbocycles. The molecule has 1 aliphatic heterocycles. The Balaban J connectivity index is 1.99. The Morgan fingerprint density at radius 3 is 2.88 bits per heavy atom. The zero-order valence-electron chi connectivity index (χ0n) is 14.0. The van der Waals surface area contributed by atoms with Crippen LogP contribution in [-0.4, -0.2) is 29.1 Å². The van der Waals surface area contributed by atoms with E-state index in [4.69, 9.17) is 16.3 Å². The lowest BCUT2D eigenvalue weighted by molar-refractivity contribution is 0.0605. The number of fused-ring (bicyclic) bond motifs is 2. The van der Waals surface area contributed by atoms with Crippen LogP contribution in [0.25, 0.3) is 10.2 Å². The number of rotatable bonds is 2. The Kier molecular flexibility index (Phi) is 3.89. The minimum Gasteiger partial charge on any atom is -0.465 e. The van der Waals surface area contributed by atoms with Crippen molar-refractivity contribution in [2.45, 2.75) is 26.3 Å². The highest BCUT2D eigenvalue weighted by Gasteiger charge is 2.31. The molecule has 7 heteroatoms. The molecule has 1 atom stereocenters. The van der Waals surface area contributed by atoms with Crippen molar-refractivity contribution in [3.63, 3.8) is 0 Å². The maximum Gasteiger partial charge on any atom is 0.348 e. The molecular weight excluding hydrogens is 358 g/mol. The fourth-order valence-corrected chi connectivity index (χ4v) is 4.75. The van der Waals surface area contributed by atoms with E-state index >= 15 is 0 Å². The van der Waals surface area contributed by atoms with Gasteiger partial charge in [0.25, 0.3) is 0 Å². The zero-order valence-corrected chi connectivity index (χ0v) is 15.6. The largest absolute Gasteiger partial charge is 0.465 e. The second-order valence-electron chi connectivity index (χ2n) is 6.10. The van der Waals surface area contributed by atoms with Crippen molar-refractivity contribution in [2.24, 2.45) is 0 Å². The number of hydrogen-bond donors (Lipinski definition) is 0. The highest BCUT2D eigenvalue weighted by atomic mass is 35.5. The van der Waals surface area contributed by atoms with Crippen LogP contribution in [0.5, 0.6) is 0 Å². The van der Waals surface area contributed by atoms with Gasteiger partial charge in [0.15, 0.2) is 0 Å². The molecular formula is C18H16ClN3O2S. The summed E-state index contributed by atoms with van der Waals surface area (Å²) in [5, 5.41) is 1.04. The Hall–Kier alpha value is -2.18. The molecule has 3 aromatic rings. The molecule has 0 saturated heterocycles. The summed E-state index contributed by atoms with van der Waals surface area (Å²) in [7, 11) is 1.38. The molecule has 128 valence electrons. The first-order chi connectivity index (χ1) is 12.0. The predicted molar refractivity (Wildman–Crippen MR) is 100 cm³/mol. The van der Waals surface area contributed by atoms with Crippen LogP contribution in [0.15, 0.2) is 24.3 Å². The van der Waals surface area contributed by atoms with Crippen LogP contribution >= 0.6 is 22.9 Å². The van der Waals surface area contributed by atoms with Crippen molar-refractivity contribution in [1.82, 2.24) is 9.97 Å². The summed E-state index contributed by atoms with van der Waals surface area (Å²) in [5.74, 6) is 0.383. The third kappa shape index (κ3) is 2.48. The summed E-state index contributed by atoms with van der Waals surface area (Å²) < 4.78 is 4.90. The number of aryl methyl sites for hydroxylation is 1. The van der Waals surface area contributed by atoms with Crippen molar-refractivity contribution in [3.05, 3.63) is 45.6 Å². The smallest absolute Gasteiger partial charge is 0.348 e. The van der Waals surface area contributed by atoms with Crippen molar-refractivity contribution in [3.8, 4) is 0 Å². The fraction of sp³-hybridized carbons (Fsp3) is 0.278. The van der Waals surface area contributed by atoms with Crippen LogP contribution in [-0.2, 0) is 11.2 Å². The Morgan fingerprint density at radius 2 is 2.12 bits per heavy atom. The van der Waals surface area contributed by atoms with Crippen LogP contribution in [0.2, 0.25) is 5.28 Å². The first-order valence-electron chi connectivity index (χ1n) is 7.93. The average molecular weight is 374 g/mol. The number of para-hydroxylation sites is 1. The summed E-state index contributed by atoms with van der Waals surface area (Å²) in [6.07, 6.45) is 0.937. The molecule has 0 aliphatic carbocycles. The van der Waals surface area contributed by atoms with E-state index in [1.807, 2.05) is 19.1 Å². The molecule has 5 nitrogen and oxygen atoms in total. The number of halogens is 1. The number of carbonyl (C=O) groups is 1. The van der Waals surface area contributed by atoms with E-state index in [0.717, 1.165) is 28.9 Å². The molecule has 25 heavy (non-hydrogen) atoms. The quantitative estimate of drug-likeness (QED) is 0.488. The third-order valence-electron chi connectivity index (χ3n) is 4.55. The molecule has 1 aliphatic rings. The van der Waals surface area contributed by atoms with Gasteiger partial charge in [0, 0.05) is 11.7 Å². The van der Waals surface area contributed by atoms with E-state index in [-0.39, 0.29) is 17.3 Å². The van der Waals surface area contributed by atoms with Crippen LogP contribution in [0.3, 0.4) is 0 Å². The van der Waals surface area contributed by atoms with Crippen molar-refractivity contribution in [2.75, 3.05) is 12.0 Å². The number of hydrogen-bond acceptors (Lipinski definition) is 6. The normalized spacial score (nSPS) is 16.3. The number of esters is 1. The molecule has 0 saturated carbocycles. The van der Waals surface area contributed by atoms with E-state index in [2.05, 4.69) is 33.9 Å². The highest BCUT2D eigenvalue weighted by Crippen LogP contribution is 2.43. The van der Waals surface area contributed by atoms with Crippen LogP contribution < -0.4 is 4.90 Å². The van der Waals surface area contributed by atoms with Crippen LogP contribution in [0, 0.1) is 6.92 Å². The molecule has 0 amide bonds. The maximum absolute atomic E-state index is 12.1. The molecule has 4 rings (SSSR count). The maximum atomic E-state index is 12.1. The molecule has 0 bridgehead atoms. The molecule has 0 fully saturated rings. The van der Waals surface area contributed by atoms with Gasteiger partial charge in [-0.3, -0.25) is 0 Å². The number of thiophene rings is 1. The Morgan fingerprint density at radius 1 is 1.36 bits per heavy atom. The second-order valence-corrected chi connectivity index (χ2v) is 7.43. The van der Waals surface area contributed by atoms with Crippen molar-refractivity contribution >= 4 is 50.6 Å². The highest BCUT2D eigenvalue weighted by molar-refractivity contribution is 7.20. The SMILES string of the molecule is COC(=O)c1sc2nc(Cl)nc(N3c4ccccc4CC3C)c2c1C. The predicted octanol–water partition coefficient (Wildman–Crippen LogP) is 4.52. The summed E-state index contributed by atoms with van der Waals surface area (Å²) >= 11 is 7.48. The number of carbonyl (C=O) groups excluding carboxylic acids is 1. The number of anilines is 2. The number of nitrogens with zero attached hydrogens (tertiary/aromatic N) is 3. The van der Waals surface area contributed by atoms with Crippen molar-refractivity contribution in [1.29, 1.82) is 0 Å². The summed E-state index contributed by atoms with van der Waals surface area (Å²) in [6.45, 7) is 4.06. The number of benzene rings is 1. The van der Waals surface area contributed by atoms with Gasteiger partial charge in [-0.25, -0.2) is 9.78 Å². The zero-order chi connectivity index (χ0) is 17.7. The van der Waals surface area contributed by atoms with Gasteiger partial charge in [-0.1, -0.05) is 18.2 Å². The Bertz CT molecular complexity index is 1000. The lowest BCUT2D eigenvalue weighted by Gasteiger charge is -2.24. The average Bonchev–Trinajstić information content (AvgIpc) is 3.10. The number of methoxy groups -OCH3 is 1. The van der Waals surface area contributed by atoms with Gasteiger partial charge in [0.2, 0.25) is 5.28 Å². The number of ether oxygens (including phenoxy) is 1. The van der Waals surface area contributed by atoms with E-state index in [9.17, 15) is 4.79 Å². The van der Waals surface area contributed by atoms with Crippen LogP contribution in [0.1, 0.15) is 27.7 Å². The van der Waals surface area contributed by atoms with E-state index < -0.39 is 0 Å². The minimum atomic E-state index is -0.363. The van der Waals surface area contributed by atoms with E-state index in [1.165, 1.54) is 24.0 Å². The van der Waals surface area contributed by atoms with E-state index in [0.29, 0.717) is 9.71 Å².